The van der Waals surface area contributed by atoms with Gasteiger partial charge in [-0.2, -0.15) is 0 Å². The minimum atomic E-state index is -0.359. The molecule has 0 saturated carbocycles. The van der Waals surface area contributed by atoms with Crippen LogP contribution >= 0.6 is 0 Å². The predicted molar refractivity (Wildman–Crippen MR) is 121 cm³/mol. The molecule has 1 atom stereocenters. The van der Waals surface area contributed by atoms with Gasteiger partial charge in [-0.3, -0.25) is 14.5 Å². The second-order valence-electron chi connectivity index (χ2n) is 8.87. The van der Waals surface area contributed by atoms with Crippen molar-refractivity contribution in [1.29, 1.82) is 0 Å². The van der Waals surface area contributed by atoms with E-state index in [0.29, 0.717) is 17.1 Å². The summed E-state index contributed by atoms with van der Waals surface area (Å²) in [6.07, 6.45) is 5.28. The summed E-state index contributed by atoms with van der Waals surface area (Å²) in [6, 6.07) is 10.1. The fourth-order valence-electron chi connectivity index (χ4n) is 4.29. The van der Waals surface area contributed by atoms with Gasteiger partial charge < -0.3 is 10.6 Å². The van der Waals surface area contributed by atoms with Gasteiger partial charge in [-0.15, -0.1) is 0 Å². The molecule has 0 bridgehead atoms. The van der Waals surface area contributed by atoms with E-state index in [0.717, 1.165) is 32.2 Å². The van der Waals surface area contributed by atoms with E-state index in [1.165, 1.54) is 5.56 Å². The molecule has 2 aromatic rings. The lowest BCUT2D eigenvalue weighted by Crippen LogP contribution is -2.50. The van der Waals surface area contributed by atoms with Crippen molar-refractivity contribution >= 4 is 11.8 Å². The van der Waals surface area contributed by atoms with Crippen LogP contribution in [0.15, 0.2) is 36.5 Å². The molecule has 0 spiro atoms. The molecule has 1 aliphatic rings. The van der Waals surface area contributed by atoms with E-state index in [2.05, 4.69) is 37.6 Å². The quantitative estimate of drug-likeness (QED) is 0.715. The highest BCUT2D eigenvalue weighted by atomic mass is 16.2. The van der Waals surface area contributed by atoms with Crippen molar-refractivity contribution in [2.75, 3.05) is 20.1 Å². The van der Waals surface area contributed by atoms with Gasteiger partial charge in [0, 0.05) is 18.8 Å². The number of piperidine rings is 1. The van der Waals surface area contributed by atoms with Gasteiger partial charge in [0.2, 0.25) is 5.91 Å². The normalized spacial score (nSPS) is 17.2. The van der Waals surface area contributed by atoms with Crippen LogP contribution in [0.25, 0.3) is 0 Å². The number of carbonyl (C=O) groups is 2. The van der Waals surface area contributed by atoms with Crippen molar-refractivity contribution in [3.8, 4) is 0 Å². The van der Waals surface area contributed by atoms with Crippen LogP contribution in [0.4, 0.5) is 0 Å². The summed E-state index contributed by atoms with van der Waals surface area (Å²) < 4.78 is 0. The van der Waals surface area contributed by atoms with E-state index in [-0.39, 0.29) is 29.9 Å². The van der Waals surface area contributed by atoms with E-state index in [9.17, 15) is 9.59 Å². The molecule has 31 heavy (non-hydrogen) atoms. The molecular weight excluding hydrogens is 390 g/mol. The number of hydrogen-bond donors (Lipinski definition) is 2. The van der Waals surface area contributed by atoms with Crippen LogP contribution in [0.2, 0.25) is 0 Å². The molecular formula is C24H33N5O2. The molecule has 2 heterocycles. The number of aryl methyl sites for hydroxylation is 1. The van der Waals surface area contributed by atoms with Crippen molar-refractivity contribution in [1.82, 2.24) is 25.5 Å². The van der Waals surface area contributed by atoms with Crippen molar-refractivity contribution in [2.24, 2.45) is 0 Å². The Hall–Kier alpha value is -2.80. The average molecular weight is 424 g/mol. The minimum absolute atomic E-state index is 0.0138. The Labute approximate surface area is 184 Å². The molecule has 166 valence electrons. The number of nitrogens with zero attached hydrogens (tertiary/aromatic N) is 3. The Morgan fingerprint density at radius 1 is 1.19 bits per heavy atom. The van der Waals surface area contributed by atoms with Gasteiger partial charge in [0.05, 0.1) is 23.8 Å². The van der Waals surface area contributed by atoms with E-state index < -0.39 is 0 Å². The second-order valence-corrected chi connectivity index (χ2v) is 8.87. The minimum Gasteiger partial charge on any atom is -0.355 e. The van der Waals surface area contributed by atoms with Gasteiger partial charge in [0.15, 0.2) is 0 Å². The van der Waals surface area contributed by atoms with E-state index in [1.807, 2.05) is 39.0 Å². The topological polar surface area (TPSA) is 87.2 Å². The summed E-state index contributed by atoms with van der Waals surface area (Å²) in [4.78, 5) is 36.3. The second kappa shape index (κ2) is 10.0. The first-order chi connectivity index (χ1) is 14.8. The number of nitrogens with one attached hydrogen (secondary N) is 2. The lowest BCUT2D eigenvalue weighted by atomic mass is 9.94. The highest BCUT2D eigenvalue weighted by Gasteiger charge is 2.31. The average Bonchev–Trinajstić information content (AvgIpc) is 2.73. The number of benzene rings is 1. The SMILES string of the molecule is CNC(=O)c1cnc(C)nc1C1CCCCN1CC(=O)NC(C)(C)Cc1ccccc1. The summed E-state index contributed by atoms with van der Waals surface area (Å²) in [5.74, 6) is 0.413. The molecule has 7 nitrogen and oxygen atoms in total. The predicted octanol–water partition coefficient (Wildman–Crippen LogP) is 2.81. The molecule has 1 fully saturated rings. The fraction of sp³-hybridized carbons (Fsp3) is 0.500. The molecule has 2 amide bonds. The van der Waals surface area contributed by atoms with Crippen molar-refractivity contribution < 1.29 is 9.59 Å². The number of aromatic nitrogens is 2. The van der Waals surface area contributed by atoms with Crippen LogP contribution in [-0.4, -0.2) is 52.4 Å². The molecule has 1 aromatic carbocycles. The Balaban J connectivity index is 1.73. The first-order valence-electron chi connectivity index (χ1n) is 10.9. The molecule has 0 aliphatic carbocycles. The van der Waals surface area contributed by atoms with Gasteiger partial charge in [-0.05, 0) is 52.1 Å². The first-order valence-corrected chi connectivity index (χ1v) is 10.9. The van der Waals surface area contributed by atoms with Crippen LogP contribution in [-0.2, 0) is 11.2 Å². The number of amides is 2. The zero-order valence-electron chi connectivity index (χ0n) is 18.9. The van der Waals surface area contributed by atoms with E-state index in [1.54, 1.807) is 13.2 Å². The Morgan fingerprint density at radius 2 is 1.94 bits per heavy atom. The first kappa shape index (κ1) is 22.9. The smallest absolute Gasteiger partial charge is 0.254 e. The summed E-state index contributed by atoms with van der Waals surface area (Å²) in [6.45, 7) is 6.99. The van der Waals surface area contributed by atoms with Gasteiger partial charge in [0.25, 0.3) is 5.91 Å². The highest BCUT2D eigenvalue weighted by Crippen LogP contribution is 2.31. The number of likely N-dealkylation sites (tertiary alicyclic amines) is 1. The molecule has 1 unspecified atom stereocenters. The zero-order valence-corrected chi connectivity index (χ0v) is 18.9. The fourth-order valence-corrected chi connectivity index (χ4v) is 4.29. The van der Waals surface area contributed by atoms with Crippen molar-refractivity contribution in [3.63, 3.8) is 0 Å². The Morgan fingerprint density at radius 3 is 2.65 bits per heavy atom. The van der Waals surface area contributed by atoms with Crippen LogP contribution in [0.1, 0.15) is 66.6 Å². The van der Waals surface area contributed by atoms with E-state index in [4.69, 9.17) is 0 Å². The zero-order chi connectivity index (χ0) is 22.4. The number of hydrogen-bond acceptors (Lipinski definition) is 5. The maximum Gasteiger partial charge on any atom is 0.254 e. The molecule has 7 heteroatoms. The number of rotatable bonds is 7. The van der Waals surface area contributed by atoms with Crippen LogP contribution in [0.3, 0.4) is 0 Å². The molecule has 1 aliphatic heterocycles. The third-order valence-electron chi connectivity index (χ3n) is 5.65. The summed E-state index contributed by atoms with van der Waals surface area (Å²) >= 11 is 0. The third kappa shape index (κ3) is 6.10. The molecule has 1 saturated heterocycles. The lowest BCUT2D eigenvalue weighted by molar-refractivity contribution is -0.124. The van der Waals surface area contributed by atoms with Crippen molar-refractivity contribution in [3.05, 3.63) is 59.2 Å². The molecule has 0 radical (unpaired) electrons. The molecule has 2 N–H and O–H groups in total. The lowest BCUT2D eigenvalue weighted by Gasteiger charge is -2.36. The number of carbonyl (C=O) groups excluding carboxylic acids is 2. The van der Waals surface area contributed by atoms with Gasteiger partial charge in [-0.25, -0.2) is 9.97 Å². The van der Waals surface area contributed by atoms with Crippen LogP contribution in [0.5, 0.6) is 0 Å². The van der Waals surface area contributed by atoms with Gasteiger partial charge in [-0.1, -0.05) is 36.8 Å². The summed E-state index contributed by atoms with van der Waals surface area (Å²) in [5.41, 5.74) is 2.02. The Bertz CT molecular complexity index is 913. The Kier molecular flexibility index (Phi) is 7.38. The summed E-state index contributed by atoms with van der Waals surface area (Å²) in [5, 5.41) is 5.86. The third-order valence-corrected chi connectivity index (χ3v) is 5.65. The molecule has 1 aromatic heterocycles. The van der Waals surface area contributed by atoms with Gasteiger partial charge in [0.1, 0.15) is 5.82 Å². The van der Waals surface area contributed by atoms with Crippen molar-refractivity contribution in [2.45, 2.75) is 58.0 Å². The maximum absolute atomic E-state index is 13.0. The molecule has 3 rings (SSSR count). The van der Waals surface area contributed by atoms with E-state index >= 15 is 0 Å². The van der Waals surface area contributed by atoms with Gasteiger partial charge >= 0.3 is 0 Å². The summed E-state index contributed by atoms with van der Waals surface area (Å²) in [7, 11) is 1.60. The van der Waals surface area contributed by atoms with Crippen LogP contribution in [0, 0.1) is 6.92 Å². The maximum atomic E-state index is 13.0. The highest BCUT2D eigenvalue weighted by molar-refractivity contribution is 5.95. The monoisotopic (exact) mass is 423 g/mol. The van der Waals surface area contributed by atoms with Crippen LogP contribution < -0.4 is 10.6 Å². The standard InChI is InChI=1S/C24H33N5O2/c1-17-26-15-19(23(31)25-4)22(27-17)20-12-8-9-13-29(20)16-21(30)28-24(2,3)14-18-10-6-5-7-11-18/h5-7,10-11,15,20H,8-9,12-14,16H2,1-4H3,(H,25,31)(H,28,30). The largest absolute Gasteiger partial charge is 0.355 e.